The highest BCUT2D eigenvalue weighted by molar-refractivity contribution is 5.92. The highest BCUT2D eigenvalue weighted by Gasteiger charge is 2.45. The molecule has 0 amide bonds. The van der Waals surface area contributed by atoms with Crippen LogP contribution in [0.5, 0.6) is 0 Å². The minimum Gasteiger partial charge on any atom is -0.461 e. The van der Waals surface area contributed by atoms with Gasteiger partial charge in [-0.3, -0.25) is 4.79 Å². The Bertz CT molecular complexity index is 819. The lowest BCUT2D eigenvalue weighted by Gasteiger charge is -2.29. The Labute approximate surface area is 175 Å². The number of carbonyl (C=O) groups is 3. The van der Waals surface area contributed by atoms with Crippen LogP contribution in [0, 0.1) is 5.92 Å². The van der Waals surface area contributed by atoms with Gasteiger partial charge in [-0.05, 0) is 32.4 Å². The Morgan fingerprint density at radius 2 is 1.97 bits per heavy atom. The molecule has 0 aromatic heterocycles. The number of fused-ring (bicyclic) bond motifs is 1. The Balaban J connectivity index is 2.38. The first-order chi connectivity index (χ1) is 14.0. The van der Waals surface area contributed by atoms with Gasteiger partial charge in [0, 0.05) is 18.9 Å². The van der Waals surface area contributed by atoms with Crippen molar-refractivity contribution in [1.82, 2.24) is 0 Å². The van der Waals surface area contributed by atoms with Gasteiger partial charge in [0.2, 0.25) is 0 Å². The number of esters is 3. The lowest BCUT2D eigenvalue weighted by Crippen LogP contribution is -2.36. The molecule has 1 aliphatic heterocycles. The maximum absolute atomic E-state index is 12.7. The van der Waals surface area contributed by atoms with E-state index >= 15 is 0 Å². The van der Waals surface area contributed by atoms with Crippen LogP contribution in [-0.2, 0) is 28.6 Å². The van der Waals surface area contributed by atoms with Gasteiger partial charge >= 0.3 is 17.9 Å². The molecule has 1 saturated heterocycles. The van der Waals surface area contributed by atoms with E-state index in [-0.39, 0.29) is 24.2 Å². The maximum atomic E-state index is 12.7. The van der Waals surface area contributed by atoms with Gasteiger partial charge in [0.25, 0.3) is 0 Å². The van der Waals surface area contributed by atoms with Crippen LogP contribution in [0.3, 0.4) is 0 Å². The number of rotatable bonds is 4. The normalized spacial score (nSPS) is 33.4. The molecule has 8 nitrogen and oxygen atoms in total. The molecule has 0 saturated carbocycles. The van der Waals surface area contributed by atoms with Crippen LogP contribution in [0.2, 0.25) is 0 Å². The zero-order valence-electron chi connectivity index (χ0n) is 17.6. The van der Waals surface area contributed by atoms with Crippen molar-refractivity contribution in [3.63, 3.8) is 0 Å². The van der Waals surface area contributed by atoms with Crippen molar-refractivity contribution in [2.45, 2.75) is 58.5 Å². The van der Waals surface area contributed by atoms with Gasteiger partial charge in [-0.25, -0.2) is 9.59 Å². The zero-order valence-corrected chi connectivity index (χ0v) is 17.6. The van der Waals surface area contributed by atoms with E-state index in [0.717, 1.165) is 0 Å². The van der Waals surface area contributed by atoms with Crippen LogP contribution in [0.15, 0.2) is 47.1 Å². The van der Waals surface area contributed by atoms with Gasteiger partial charge in [-0.2, -0.15) is 0 Å². The summed E-state index contributed by atoms with van der Waals surface area (Å²) in [5, 5.41) is 20.5. The lowest BCUT2D eigenvalue weighted by atomic mass is 9.84. The van der Waals surface area contributed by atoms with E-state index in [1.165, 1.54) is 19.1 Å². The minimum absolute atomic E-state index is 0.151. The molecule has 1 aliphatic carbocycles. The molecule has 8 heteroatoms. The van der Waals surface area contributed by atoms with E-state index in [1.54, 1.807) is 26.8 Å². The van der Waals surface area contributed by atoms with E-state index in [4.69, 9.17) is 14.2 Å². The van der Waals surface area contributed by atoms with Crippen LogP contribution in [0.1, 0.15) is 34.1 Å². The Kier molecular flexibility index (Phi) is 7.75. The summed E-state index contributed by atoms with van der Waals surface area (Å²) < 4.78 is 16.0. The van der Waals surface area contributed by atoms with Gasteiger partial charge in [0.1, 0.15) is 31.0 Å². The summed E-state index contributed by atoms with van der Waals surface area (Å²) in [5.41, 5.74) is 1.38. The van der Waals surface area contributed by atoms with E-state index in [9.17, 15) is 24.6 Å². The molecule has 5 atom stereocenters. The first kappa shape index (κ1) is 23.6. The molecule has 30 heavy (non-hydrogen) atoms. The van der Waals surface area contributed by atoms with Crippen molar-refractivity contribution in [3.8, 4) is 0 Å². The number of ether oxygens (including phenoxy) is 3. The molecule has 2 rings (SSSR count). The summed E-state index contributed by atoms with van der Waals surface area (Å²) >= 11 is 0. The van der Waals surface area contributed by atoms with Crippen LogP contribution in [0.25, 0.3) is 0 Å². The molecular weight excluding hydrogens is 392 g/mol. The second-order valence-electron chi connectivity index (χ2n) is 7.52. The number of hydrogen-bond acceptors (Lipinski definition) is 8. The number of allylic oxidation sites excluding steroid dienone is 1. The van der Waals surface area contributed by atoms with Crippen LogP contribution < -0.4 is 0 Å². The Morgan fingerprint density at radius 3 is 2.57 bits per heavy atom. The first-order valence-corrected chi connectivity index (χ1v) is 9.66. The van der Waals surface area contributed by atoms with E-state index < -0.39 is 48.2 Å². The largest absolute Gasteiger partial charge is 0.461 e. The quantitative estimate of drug-likeness (QED) is 0.304. The van der Waals surface area contributed by atoms with Gasteiger partial charge in [0.15, 0.2) is 0 Å². The van der Waals surface area contributed by atoms with Crippen LogP contribution in [0.4, 0.5) is 0 Å². The predicted molar refractivity (Wildman–Crippen MR) is 107 cm³/mol. The number of aliphatic hydroxyl groups is 2. The minimum atomic E-state index is -1.16. The molecule has 0 radical (unpaired) electrons. The molecule has 0 unspecified atom stereocenters. The van der Waals surface area contributed by atoms with Crippen LogP contribution >= 0.6 is 0 Å². The smallest absolute Gasteiger partial charge is 0.337 e. The van der Waals surface area contributed by atoms with E-state index in [0.29, 0.717) is 11.1 Å². The number of carbonyl (C=O) groups excluding carboxylic acids is 3. The van der Waals surface area contributed by atoms with Crippen molar-refractivity contribution < 1.29 is 38.8 Å². The fourth-order valence-corrected chi connectivity index (χ4v) is 3.47. The molecule has 0 aromatic rings. The Hall–Kier alpha value is -2.71. The first-order valence-electron chi connectivity index (χ1n) is 9.66. The summed E-state index contributed by atoms with van der Waals surface area (Å²) in [4.78, 5) is 36.0. The summed E-state index contributed by atoms with van der Waals surface area (Å²) in [6, 6.07) is 0. The van der Waals surface area contributed by atoms with Gasteiger partial charge in [-0.1, -0.05) is 24.3 Å². The van der Waals surface area contributed by atoms with E-state index in [2.05, 4.69) is 6.58 Å². The standard InChI is InChI=1S/C22H28O8/c1-6-15(10-28-14(5)23)22(27)30-17-8-11(2)7-16(24)20(25)12(3)9-18-19(17)13(4)21(26)29-18/h6-7,9,16-20,24-25H,4,8,10H2,1-3,5H3/b11-7+,12-9+,15-6-/t16-,17+,18+,19+,20-/m0/s1. The fraction of sp³-hybridized carbons (Fsp3) is 0.500. The molecule has 0 bridgehead atoms. The summed E-state index contributed by atoms with van der Waals surface area (Å²) in [5.74, 6) is -2.51. The number of hydrogen-bond donors (Lipinski definition) is 2. The van der Waals surface area contributed by atoms with E-state index in [1.807, 2.05) is 0 Å². The molecular formula is C22H28O8. The second kappa shape index (κ2) is 9.86. The molecule has 164 valence electrons. The summed E-state index contributed by atoms with van der Waals surface area (Å²) in [7, 11) is 0. The number of aliphatic hydroxyl groups excluding tert-OH is 2. The van der Waals surface area contributed by atoms with Crippen molar-refractivity contribution in [1.29, 1.82) is 0 Å². The molecule has 2 N–H and O–H groups in total. The van der Waals surface area contributed by atoms with Crippen molar-refractivity contribution in [2.24, 2.45) is 5.92 Å². The third-order valence-corrected chi connectivity index (χ3v) is 5.16. The molecule has 1 heterocycles. The average Bonchev–Trinajstić information content (AvgIpc) is 2.93. The highest BCUT2D eigenvalue weighted by Crippen LogP contribution is 2.36. The molecule has 2 aliphatic rings. The maximum Gasteiger partial charge on any atom is 0.337 e. The fourth-order valence-electron chi connectivity index (χ4n) is 3.47. The SMILES string of the molecule is C=C1C(=O)O[C@@H]2/C=C(\C)[C@H](O)[C@@H](O)/C=C(\C)C[C@@H](OC(=O)/C(=C\C)COC(C)=O)[C@@H]12. The average molecular weight is 420 g/mol. The Morgan fingerprint density at radius 1 is 1.30 bits per heavy atom. The topological polar surface area (TPSA) is 119 Å². The van der Waals surface area contributed by atoms with Gasteiger partial charge < -0.3 is 24.4 Å². The van der Waals surface area contributed by atoms with Crippen LogP contribution in [-0.4, -0.2) is 59.1 Å². The lowest BCUT2D eigenvalue weighted by molar-refractivity contribution is -0.148. The van der Waals surface area contributed by atoms with Gasteiger partial charge in [0.05, 0.1) is 11.5 Å². The summed E-state index contributed by atoms with van der Waals surface area (Å²) in [6.45, 7) is 9.76. The van der Waals surface area contributed by atoms with Crippen molar-refractivity contribution >= 4 is 17.9 Å². The zero-order chi connectivity index (χ0) is 22.6. The monoisotopic (exact) mass is 420 g/mol. The third kappa shape index (κ3) is 5.46. The molecule has 0 spiro atoms. The van der Waals surface area contributed by atoms with Crippen molar-refractivity contribution in [2.75, 3.05) is 6.61 Å². The van der Waals surface area contributed by atoms with Gasteiger partial charge in [-0.15, -0.1) is 0 Å². The second-order valence-corrected chi connectivity index (χ2v) is 7.52. The third-order valence-electron chi connectivity index (χ3n) is 5.16. The molecule has 0 aromatic carbocycles. The predicted octanol–water partition coefficient (Wildman–Crippen LogP) is 1.52. The molecule has 1 fully saturated rings. The van der Waals surface area contributed by atoms with Crippen molar-refractivity contribution in [3.05, 3.63) is 47.1 Å². The highest BCUT2D eigenvalue weighted by atomic mass is 16.6. The summed E-state index contributed by atoms with van der Waals surface area (Å²) in [6.07, 6.45) is 0.744.